The largest absolute Gasteiger partial charge is 0.338 e. The minimum atomic E-state index is 0.789. The second-order valence-corrected chi connectivity index (χ2v) is 4.27. The monoisotopic (exact) mass is 235 g/mol. The summed E-state index contributed by atoms with van der Waals surface area (Å²) in [5.41, 5.74) is 2.26. The van der Waals surface area contributed by atoms with Gasteiger partial charge in [-0.1, -0.05) is 42.0 Å². The second kappa shape index (κ2) is 4.45. The van der Waals surface area contributed by atoms with Gasteiger partial charge in [-0.05, 0) is 19.1 Å². The number of aromatic nitrogens is 2. The molecule has 0 saturated carbocycles. The van der Waals surface area contributed by atoms with Gasteiger partial charge in [0.25, 0.3) is 0 Å². The van der Waals surface area contributed by atoms with Crippen molar-refractivity contribution in [2.45, 2.75) is 6.92 Å². The SMILES string of the molecule is Cc1ccc(Nc2nncc3ccccc23)cc1. The van der Waals surface area contributed by atoms with Crippen LogP contribution in [0.2, 0.25) is 0 Å². The van der Waals surface area contributed by atoms with Crippen molar-refractivity contribution >= 4 is 22.3 Å². The molecule has 18 heavy (non-hydrogen) atoms. The van der Waals surface area contributed by atoms with Gasteiger partial charge in [0.15, 0.2) is 5.82 Å². The van der Waals surface area contributed by atoms with E-state index in [-0.39, 0.29) is 0 Å². The molecule has 3 nitrogen and oxygen atoms in total. The lowest BCUT2D eigenvalue weighted by atomic mass is 10.2. The molecule has 0 radical (unpaired) electrons. The molecule has 1 aromatic heterocycles. The molecule has 0 aliphatic heterocycles. The number of anilines is 2. The van der Waals surface area contributed by atoms with Crippen molar-refractivity contribution < 1.29 is 0 Å². The van der Waals surface area contributed by atoms with E-state index in [1.807, 2.05) is 36.4 Å². The van der Waals surface area contributed by atoms with Crippen molar-refractivity contribution in [2.75, 3.05) is 5.32 Å². The topological polar surface area (TPSA) is 37.8 Å². The van der Waals surface area contributed by atoms with Crippen molar-refractivity contribution in [3.05, 3.63) is 60.3 Å². The fourth-order valence-corrected chi connectivity index (χ4v) is 1.89. The third-order valence-electron chi connectivity index (χ3n) is 2.88. The molecule has 0 saturated heterocycles. The van der Waals surface area contributed by atoms with E-state index in [9.17, 15) is 0 Å². The van der Waals surface area contributed by atoms with Crippen LogP contribution in [-0.2, 0) is 0 Å². The van der Waals surface area contributed by atoms with Crippen LogP contribution in [-0.4, -0.2) is 10.2 Å². The van der Waals surface area contributed by atoms with Crippen LogP contribution in [0, 0.1) is 6.92 Å². The molecule has 0 unspecified atom stereocenters. The third kappa shape index (κ3) is 2.02. The van der Waals surface area contributed by atoms with Crippen LogP contribution in [0.4, 0.5) is 11.5 Å². The molecule has 0 atom stereocenters. The van der Waals surface area contributed by atoms with E-state index in [1.165, 1.54) is 5.56 Å². The molecule has 3 heteroatoms. The zero-order chi connectivity index (χ0) is 12.4. The summed E-state index contributed by atoms with van der Waals surface area (Å²) in [5, 5.41) is 13.6. The van der Waals surface area contributed by atoms with Crippen LogP contribution in [0.3, 0.4) is 0 Å². The van der Waals surface area contributed by atoms with Gasteiger partial charge in [-0.2, -0.15) is 5.10 Å². The van der Waals surface area contributed by atoms with Gasteiger partial charge in [-0.3, -0.25) is 0 Å². The summed E-state index contributed by atoms with van der Waals surface area (Å²) in [6, 6.07) is 16.3. The molecule has 0 fully saturated rings. The van der Waals surface area contributed by atoms with Crippen LogP contribution in [0.15, 0.2) is 54.7 Å². The van der Waals surface area contributed by atoms with Crippen LogP contribution >= 0.6 is 0 Å². The van der Waals surface area contributed by atoms with E-state index in [0.29, 0.717) is 0 Å². The number of fused-ring (bicyclic) bond motifs is 1. The summed E-state index contributed by atoms with van der Waals surface area (Å²) in [6.45, 7) is 2.07. The lowest BCUT2D eigenvalue weighted by molar-refractivity contribution is 1.05. The highest BCUT2D eigenvalue weighted by Gasteiger charge is 2.02. The number of nitrogens with zero attached hydrogens (tertiary/aromatic N) is 2. The predicted octanol–water partition coefficient (Wildman–Crippen LogP) is 3.68. The van der Waals surface area contributed by atoms with E-state index in [2.05, 4.69) is 34.6 Å². The molecule has 3 aromatic rings. The minimum Gasteiger partial charge on any atom is -0.338 e. The average molecular weight is 235 g/mol. The maximum atomic E-state index is 4.16. The highest BCUT2D eigenvalue weighted by molar-refractivity contribution is 5.92. The quantitative estimate of drug-likeness (QED) is 0.736. The highest BCUT2D eigenvalue weighted by atomic mass is 15.2. The smallest absolute Gasteiger partial charge is 0.160 e. The number of aryl methyl sites for hydroxylation is 1. The zero-order valence-electron chi connectivity index (χ0n) is 10.1. The first kappa shape index (κ1) is 10.7. The second-order valence-electron chi connectivity index (χ2n) is 4.27. The van der Waals surface area contributed by atoms with E-state index in [0.717, 1.165) is 22.3 Å². The standard InChI is InChI=1S/C15H13N3/c1-11-6-8-13(9-7-11)17-15-14-5-3-2-4-12(14)10-16-18-15/h2-10H,1H3,(H,17,18). The lowest BCUT2D eigenvalue weighted by Crippen LogP contribution is -1.96. The Morgan fingerprint density at radius 3 is 2.56 bits per heavy atom. The number of hydrogen-bond donors (Lipinski definition) is 1. The summed E-state index contributed by atoms with van der Waals surface area (Å²) < 4.78 is 0. The lowest BCUT2D eigenvalue weighted by Gasteiger charge is -2.07. The van der Waals surface area contributed by atoms with Crippen molar-refractivity contribution in [1.29, 1.82) is 0 Å². The maximum absolute atomic E-state index is 4.16. The summed E-state index contributed by atoms with van der Waals surface area (Å²) in [4.78, 5) is 0. The molecular formula is C15H13N3. The molecule has 0 amide bonds. The summed E-state index contributed by atoms with van der Waals surface area (Å²) in [5.74, 6) is 0.789. The van der Waals surface area contributed by atoms with Gasteiger partial charge in [-0.15, -0.1) is 5.10 Å². The van der Waals surface area contributed by atoms with Gasteiger partial charge in [0.2, 0.25) is 0 Å². The first-order chi connectivity index (χ1) is 8.83. The molecule has 0 bridgehead atoms. The normalized spacial score (nSPS) is 10.5. The molecule has 3 rings (SSSR count). The van der Waals surface area contributed by atoms with Gasteiger partial charge < -0.3 is 5.32 Å². The predicted molar refractivity (Wildman–Crippen MR) is 74.0 cm³/mol. The maximum Gasteiger partial charge on any atom is 0.160 e. The minimum absolute atomic E-state index is 0.789. The van der Waals surface area contributed by atoms with E-state index in [1.54, 1.807) is 6.20 Å². The van der Waals surface area contributed by atoms with E-state index >= 15 is 0 Å². The molecule has 88 valence electrons. The number of rotatable bonds is 2. The average Bonchev–Trinajstić information content (AvgIpc) is 2.42. The number of hydrogen-bond acceptors (Lipinski definition) is 3. The first-order valence-corrected chi connectivity index (χ1v) is 5.87. The summed E-state index contributed by atoms with van der Waals surface area (Å²) >= 11 is 0. The van der Waals surface area contributed by atoms with E-state index in [4.69, 9.17) is 0 Å². The molecule has 0 aliphatic rings. The first-order valence-electron chi connectivity index (χ1n) is 5.87. The Morgan fingerprint density at radius 1 is 0.944 bits per heavy atom. The van der Waals surface area contributed by atoms with Gasteiger partial charge in [0, 0.05) is 16.5 Å². The third-order valence-corrected chi connectivity index (χ3v) is 2.88. The van der Waals surface area contributed by atoms with Gasteiger partial charge >= 0.3 is 0 Å². The fraction of sp³-hybridized carbons (Fsp3) is 0.0667. The zero-order valence-corrected chi connectivity index (χ0v) is 10.1. The fourth-order valence-electron chi connectivity index (χ4n) is 1.89. The van der Waals surface area contributed by atoms with Crippen molar-refractivity contribution in [3.8, 4) is 0 Å². The Bertz CT molecular complexity index is 669. The van der Waals surface area contributed by atoms with Crippen LogP contribution < -0.4 is 5.32 Å². The summed E-state index contributed by atoms with van der Waals surface area (Å²) in [6.07, 6.45) is 1.77. The molecule has 1 N–H and O–H groups in total. The van der Waals surface area contributed by atoms with Crippen LogP contribution in [0.25, 0.3) is 10.8 Å². The molecule has 2 aromatic carbocycles. The van der Waals surface area contributed by atoms with Gasteiger partial charge in [0.05, 0.1) is 6.20 Å². The Morgan fingerprint density at radius 2 is 1.72 bits per heavy atom. The van der Waals surface area contributed by atoms with Gasteiger partial charge in [-0.25, -0.2) is 0 Å². The van der Waals surface area contributed by atoms with Crippen molar-refractivity contribution in [2.24, 2.45) is 0 Å². The van der Waals surface area contributed by atoms with Crippen molar-refractivity contribution in [3.63, 3.8) is 0 Å². The Kier molecular flexibility index (Phi) is 2.65. The molecular weight excluding hydrogens is 222 g/mol. The van der Waals surface area contributed by atoms with E-state index < -0.39 is 0 Å². The Labute approximate surface area is 105 Å². The number of nitrogens with one attached hydrogen (secondary N) is 1. The van der Waals surface area contributed by atoms with Gasteiger partial charge in [0.1, 0.15) is 0 Å². The Balaban J connectivity index is 2.02. The van der Waals surface area contributed by atoms with Crippen LogP contribution in [0.1, 0.15) is 5.56 Å². The highest BCUT2D eigenvalue weighted by Crippen LogP contribution is 2.23. The molecule has 0 spiro atoms. The molecule has 1 heterocycles. The summed E-state index contributed by atoms with van der Waals surface area (Å²) in [7, 11) is 0. The Hall–Kier alpha value is -2.42. The number of benzene rings is 2. The van der Waals surface area contributed by atoms with Crippen molar-refractivity contribution in [1.82, 2.24) is 10.2 Å². The van der Waals surface area contributed by atoms with Crippen LogP contribution in [0.5, 0.6) is 0 Å². The molecule has 0 aliphatic carbocycles.